The highest BCUT2D eigenvalue weighted by Gasteiger charge is 2.25. The van der Waals surface area contributed by atoms with Gasteiger partial charge in [-0.25, -0.2) is 9.78 Å². The fraction of sp³-hybridized carbons (Fsp3) is 0.471. The highest BCUT2D eigenvalue weighted by Crippen LogP contribution is 2.40. The normalized spacial score (nSPS) is 14.5. The molecule has 0 unspecified atom stereocenters. The van der Waals surface area contributed by atoms with E-state index in [1.54, 1.807) is 6.92 Å². The maximum Gasteiger partial charge on any atom is 0.374 e. The molecule has 5 nitrogen and oxygen atoms in total. The Morgan fingerprint density at radius 2 is 2.13 bits per heavy atom. The summed E-state index contributed by atoms with van der Waals surface area (Å²) < 4.78 is 4.92. The molecule has 0 aromatic carbocycles. The van der Waals surface area contributed by atoms with Crippen molar-refractivity contribution in [3.8, 4) is 0 Å². The number of fused-ring (bicyclic) bond motifs is 3. The summed E-state index contributed by atoms with van der Waals surface area (Å²) in [6.07, 6.45) is 3.96. The zero-order chi connectivity index (χ0) is 16.8. The first-order chi connectivity index (χ1) is 10.8. The molecule has 0 bridgehead atoms. The van der Waals surface area contributed by atoms with Crippen LogP contribution in [-0.2, 0) is 11.2 Å². The lowest BCUT2D eigenvalue weighted by molar-refractivity contribution is 0.0512. The SMILES string of the molecule is CCOC(=O)c1nc2sc3c(c2c(=O)[nH]1)CCC(C(C)(C)C)=C3. The molecule has 2 aromatic heterocycles. The molecule has 3 rings (SSSR count). The van der Waals surface area contributed by atoms with Crippen LogP contribution in [0.1, 0.15) is 55.2 Å². The lowest BCUT2D eigenvalue weighted by Crippen LogP contribution is -2.18. The molecule has 0 amide bonds. The summed E-state index contributed by atoms with van der Waals surface area (Å²) in [5.41, 5.74) is 2.27. The minimum absolute atomic E-state index is 0.0250. The van der Waals surface area contributed by atoms with E-state index in [0.717, 1.165) is 23.3 Å². The Balaban J connectivity index is 2.15. The molecule has 1 aliphatic rings. The largest absolute Gasteiger partial charge is 0.460 e. The predicted octanol–water partition coefficient (Wildman–Crippen LogP) is 3.54. The number of rotatable bonds is 2. The van der Waals surface area contributed by atoms with Crippen molar-refractivity contribution in [2.24, 2.45) is 5.41 Å². The molecular formula is C17H20N2O3S. The van der Waals surface area contributed by atoms with Crippen molar-refractivity contribution in [3.63, 3.8) is 0 Å². The van der Waals surface area contributed by atoms with Gasteiger partial charge in [-0.15, -0.1) is 11.3 Å². The molecule has 2 heterocycles. The minimum Gasteiger partial charge on any atom is -0.460 e. The molecule has 0 saturated heterocycles. The van der Waals surface area contributed by atoms with Gasteiger partial charge in [0.05, 0.1) is 12.0 Å². The molecule has 0 saturated carbocycles. The average Bonchev–Trinajstić information content (AvgIpc) is 2.84. The third-order valence-electron chi connectivity index (χ3n) is 4.07. The van der Waals surface area contributed by atoms with Crippen molar-refractivity contribution >= 4 is 33.6 Å². The van der Waals surface area contributed by atoms with Gasteiger partial charge in [-0.05, 0) is 36.8 Å². The Morgan fingerprint density at radius 1 is 1.39 bits per heavy atom. The molecule has 1 aliphatic carbocycles. The monoisotopic (exact) mass is 332 g/mol. The van der Waals surface area contributed by atoms with Crippen molar-refractivity contribution in [2.75, 3.05) is 6.61 Å². The molecular weight excluding hydrogens is 312 g/mol. The average molecular weight is 332 g/mol. The number of carbonyl (C=O) groups excluding carboxylic acids is 1. The second kappa shape index (κ2) is 5.60. The van der Waals surface area contributed by atoms with Gasteiger partial charge < -0.3 is 9.72 Å². The summed E-state index contributed by atoms with van der Waals surface area (Å²) in [5, 5.41) is 0.613. The molecule has 23 heavy (non-hydrogen) atoms. The van der Waals surface area contributed by atoms with Crippen LogP contribution >= 0.6 is 11.3 Å². The van der Waals surface area contributed by atoms with E-state index in [-0.39, 0.29) is 23.4 Å². The number of aromatic amines is 1. The number of thiophene rings is 1. The van der Waals surface area contributed by atoms with Gasteiger partial charge in [0.15, 0.2) is 0 Å². The molecule has 0 fully saturated rings. The van der Waals surface area contributed by atoms with Crippen LogP contribution in [0.5, 0.6) is 0 Å². The second-order valence-electron chi connectivity index (χ2n) is 6.68. The Kier molecular flexibility index (Phi) is 3.88. The van der Waals surface area contributed by atoms with Crippen LogP contribution in [0.25, 0.3) is 16.3 Å². The number of esters is 1. The van der Waals surface area contributed by atoms with Gasteiger partial charge in [0.1, 0.15) is 4.83 Å². The van der Waals surface area contributed by atoms with Crippen molar-refractivity contribution in [1.82, 2.24) is 9.97 Å². The first-order valence-corrected chi connectivity index (χ1v) is 8.56. The van der Waals surface area contributed by atoms with Gasteiger partial charge in [0.25, 0.3) is 5.56 Å². The van der Waals surface area contributed by atoms with Crippen LogP contribution in [0.2, 0.25) is 0 Å². The first-order valence-electron chi connectivity index (χ1n) is 7.75. The third-order valence-corrected chi connectivity index (χ3v) is 5.15. The molecule has 2 aromatic rings. The molecule has 0 atom stereocenters. The van der Waals surface area contributed by atoms with Gasteiger partial charge >= 0.3 is 5.97 Å². The molecule has 0 aliphatic heterocycles. The number of allylic oxidation sites excluding steroid dienone is 1. The van der Waals surface area contributed by atoms with E-state index >= 15 is 0 Å². The van der Waals surface area contributed by atoms with Crippen LogP contribution in [-0.4, -0.2) is 22.5 Å². The maximum absolute atomic E-state index is 12.4. The Morgan fingerprint density at radius 3 is 2.78 bits per heavy atom. The van der Waals surface area contributed by atoms with Crippen LogP contribution in [0, 0.1) is 5.41 Å². The van der Waals surface area contributed by atoms with E-state index in [4.69, 9.17) is 4.74 Å². The summed E-state index contributed by atoms with van der Waals surface area (Å²) in [5.74, 6) is -0.619. The molecule has 0 spiro atoms. The fourth-order valence-electron chi connectivity index (χ4n) is 2.82. The van der Waals surface area contributed by atoms with E-state index < -0.39 is 5.97 Å². The van der Waals surface area contributed by atoms with Crippen LogP contribution in [0.15, 0.2) is 10.4 Å². The minimum atomic E-state index is -0.594. The summed E-state index contributed by atoms with van der Waals surface area (Å²) in [4.78, 5) is 32.8. The lowest BCUT2D eigenvalue weighted by atomic mass is 9.80. The zero-order valence-corrected chi connectivity index (χ0v) is 14.6. The van der Waals surface area contributed by atoms with Crippen molar-refractivity contribution in [2.45, 2.75) is 40.5 Å². The number of aromatic nitrogens is 2. The summed E-state index contributed by atoms with van der Waals surface area (Å²) in [7, 11) is 0. The number of hydrogen-bond donors (Lipinski definition) is 1. The Labute approximate surface area is 138 Å². The quantitative estimate of drug-likeness (QED) is 0.854. The van der Waals surface area contributed by atoms with Crippen LogP contribution < -0.4 is 5.56 Å². The standard InChI is InChI=1S/C17H20N2O3S/c1-5-22-16(21)13-18-14(20)12-10-7-6-9(17(2,3)4)8-11(10)23-15(12)19-13/h8H,5-7H2,1-4H3,(H,18,19,20). The van der Waals surface area contributed by atoms with Crippen molar-refractivity contribution in [3.05, 3.63) is 32.2 Å². The fourth-order valence-corrected chi connectivity index (χ4v) is 4.02. The van der Waals surface area contributed by atoms with Crippen molar-refractivity contribution in [1.29, 1.82) is 0 Å². The number of ether oxygens (including phenoxy) is 1. The van der Waals surface area contributed by atoms with Crippen LogP contribution in [0.4, 0.5) is 0 Å². The summed E-state index contributed by atoms with van der Waals surface area (Å²) in [6, 6.07) is 0. The van der Waals surface area contributed by atoms with Gasteiger partial charge in [-0.2, -0.15) is 0 Å². The number of nitrogens with one attached hydrogen (secondary N) is 1. The highest BCUT2D eigenvalue weighted by atomic mass is 32.1. The number of aryl methyl sites for hydroxylation is 1. The Bertz CT molecular complexity index is 868. The predicted molar refractivity (Wildman–Crippen MR) is 92.0 cm³/mol. The van der Waals surface area contributed by atoms with Crippen LogP contribution in [0.3, 0.4) is 0 Å². The smallest absolute Gasteiger partial charge is 0.374 e. The lowest BCUT2D eigenvalue weighted by Gasteiger charge is -2.25. The van der Waals surface area contributed by atoms with Gasteiger partial charge in [-0.3, -0.25) is 4.79 Å². The first kappa shape index (κ1) is 15.9. The van der Waals surface area contributed by atoms with E-state index in [0.29, 0.717) is 10.2 Å². The van der Waals surface area contributed by atoms with E-state index in [1.165, 1.54) is 16.9 Å². The molecule has 1 N–H and O–H groups in total. The molecule has 0 radical (unpaired) electrons. The van der Waals surface area contributed by atoms with E-state index in [1.807, 2.05) is 0 Å². The maximum atomic E-state index is 12.4. The molecule has 122 valence electrons. The number of H-pyrrole nitrogens is 1. The number of carbonyl (C=O) groups is 1. The highest BCUT2D eigenvalue weighted by molar-refractivity contribution is 7.19. The number of hydrogen-bond acceptors (Lipinski definition) is 5. The topological polar surface area (TPSA) is 72.0 Å². The van der Waals surface area contributed by atoms with Crippen molar-refractivity contribution < 1.29 is 9.53 Å². The van der Waals surface area contributed by atoms with E-state index in [9.17, 15) is 9.59 Å². The third kappa shape index (κ3) is 2.83. The summed E-state index contributed by atoms with van der Waals surface area (Å²) >= 11 is 1.47. The Hall–Kier alpha value is -1.95. The molecule has 6 heteroatoms. The van der Waals surface area contributed by atoms with Gasteiger partial charge in [-0.1, -0.05) is 26.3 Å². The second-order valence-corrected chi connectivity index (χ2v) is 7.71. The number of nitrogens with zero attached hydrogens (tertiary/aromatic N) is 1. The van der Waals surface area contributed by atoms with Gasteiger partial charge in [0, 0.05) is 4.88 Å². The zero-order valence-electron chi connectivity index (χ0n) is 13.8. The van der Waals surface area contributed by atoms with E-state index in [2.05, 4.69) is 36.8 Å². The summed E-state index contributed by atoms with van der Waals surface area (Å²) in [6.45, 7) is 8.56. The van der Waals surface area contributed by atoms with Gasteiger partial charge in [0.2, 0.25) is 5.82 Å².